The standard InChI is InChI=1S/C16H28F3N5O3S.HI/c1-2-20-15(22-12-14(25)23-7-3-4-8-23)21-11-13-5-9-24(10-6-13)28(26,27)16(17,18)19;/h13H,2-12H2,1H3,(H2,20,21,22);1H. The van der Waals surface area contributed by atoms with Crippen molar-refractivity contribution >= 4 is 45.9 Å². The second kappa shape index (κ2) is 11.5. The molecule has 0 atom stereocenters. The molecule has 0 unspecified atom stereocenters. The Hall–Kier alpha value is -0.830. The number of carbonyl (C=O) groups is 1. The van der Waals surface area contributed by atoms with E-state index in [2.05, 4.69) is 15.6 Å². The fourth-order valence-electron chi connectivity index (χ4n) is 3.30. The molecule has 0 spiro atoms. The number of nitrogens with zero attached hydrogens (tertiary/aromatic N) is 3. The van der Waals surface area contributed by atoms with E-state index in [4.69, 9.17) is 0 Å². The molecule has 0 saturated carbocycles. The molecular formula is C16H29F3IN5O3S. The van der Waals surface area contributed by atoms with Crippen LogP contribution in [-0.4, -0.2) is 80.8 Å². The second-order valence-corrected chi connectivity index (χ2v) is 8.89. The molecule has 0 aromatic heterocycles. The number of hydrogen-bond acceptors (Lipinski definition) is 4. The highest BCUT2D eigenvalue weighted by Crippen LogP contribution is 2.30. The molecule has 2 fully saturated rings. The van der Waals surface area contributed by atoms with Crippen molar-refractivity contribution in [3.63, 3.8) is 0 Å². The lowest BCUT2D eigenvalue weighted by atomic mass is 9.98. The van der Waals surface area contributed by atoms with Crippen molar-refractivity contribution in [3.05, 3.63) is 0 Å². The van der Waals surface area contributed by atoms with E-state index in [-0.39, 0.29) is 55.4 Å². The van der Waals surface area contributed by atoms with Crippen LogP contribution >= 0.6 is 24.0 Å². The number of carbonyl (C=O) groups excluding carboxylic acids is 1. The first-order chi connectivity index (χ1) is 13.1. The molecule has 0 aromatic rings. The number of amides is 1. The first-order valence-electron chi connectivity index (χ1n) is 9.51. The zero-order valence-electron chi connectivity index (χ0n) is 16.4. The Morgan fingerprint density at radius 2 is 1.69 bits per heavy atom. The Balaban J connectivity index is 0.00000420. The molecule has 1 amide bonds. The largest absolute Gasteiger partial charge is 0.511 e. The van der Waals surface area contributed by atoms with Gasteiger partial charge in [0.25, 0.3) is 0 Å². The number of likely N-dealkylation sites (tertiary alicyclic amines) is 1. The molecule has 8 nitrogen and oxygen atoms in total. The van der Waals surface area contributed by atoms with Crippen LogP contribution < -0.4 is 10.6 Å². The van der Waals surface area contributed by atoms with Gasteiger partial charge in [-0.15, -0.1) is 24.0 Å². The van der Waals surface area contributed by atoms with Crippen LogP contribution in [0.5, 0.6) is 0 Å². The van der Waals surface area contributed by atoms with E-state index in [0.717, 1.165) is 25.9 Å². The normalized spacial score (nSPS) is 19.7. The molecule has 170 valence electrons. The average Bonchev–Trinajstić information content (AvgIpc) is 3.18. The van der Waals surface area contributed by atoms with Gasteiger partial charge in [0, 0.05) is 39.3 Å². The topological polar surface area (TPSA) is 94.1 Å². The van der Waals surface area contributed by atoms with E-state index < -0.39 is 15.5 Å². The van der Waals surface area contributed by atoms with Crippen molar-refractivity contribution in [1.82, 2.24) is 19.8 Å². The van der Waals surface area contributed by atoms with Gasteiger partial charge in [-0.1, -0.05) is 0 Å². The van der Waals surface area contributed by atoms with Gasteiger partial charge < -0.3 is 15.5 Å². The monoisotopic (exact) mass is 555 g/mol. The van der Waals surface area contributed by atoms with E-state index in [1.165, 1.54) is 0 Å². The molecule has 13 heteroatoms. The number of alkyl halides is 3. The molecular weight excluding hydrogens is 526 g/mol. The van der Waals surface area contributed by atoms with Gasteiger partial charge in [-0.05, 0) is 38.5 Å². The lowest BCUT2D eigenvalue weighted by molar-refractivity contribution is -0.128. The number of guanidine groups is 1. The summed E-state index contributed by atoms with van der Waals surface area (Å²) in [4.78, 5) is 18.1. The highest BCUT2D eigenvalue weighted by atomic mass is 127. The maximum Gasteiger partial charge on any atom is 0.511 e. The molecule has 2 saturated heterocycles. The summed E-state index contributed by atoms with van der Waals surface area (Å²) >= 11 is 0. The highest BCUT2D eigenvalue weighted by Gasteiger charge is 2.50. The van der Waals surface area contributed by atoms with Crippen molar-refractivity contribution in [2.45, 2.75) is 38.1 Å². The lowest BCUT2D eigenvalue weighted by Crippen LogP contribution is -2.47. The Morgan fingerprint density at radius 1 is 1.10 bits per heavy atom. The molecule has 2 N–H and O–H groups in total. The summed E-state index contributed by atoms with van der Waals surface area (Å²) in [5.74, 6) is 0.471. The molecule has 0 radical (unpaired) electrons. The van der Waals surface area contributed by atoms with Crippen LogP contribution in [0, 0.1) is 5.92 Å². The van der Waals surface area contributed by atoms with Crippen molar-refractivity contribution in [1.29, 1.82) is 0 Å². The third kappa shape index (κ3) is 7.42. The summed E-state index contributed by atoms with van der Waals surface area (Å²) in [6.45, 7) is 4.19. The van der Waals surface area contributed by atoms with Crippen LogP contribution in [0.3, 0.4) is 0 Å². The maximum absolute atomic E-state index is 12.6. The van der Waals surface area contributed by atoms with E-state index in [1.807, 2.05) is 6.92 Å². The fourth-order valence-corrected chi connectivity index (χ4v) is 4.28. The number of hydrogen-bond donors (Lipinski definition) is 2. The van der Waals surface area contributed by atoms with E-state index in [9.17, 15) is 26.4 Å². The first-order valence-corrected chi connectivity index (χ1v) is 11.0. The average molecular weight is 555 g/mol. The quantitative estimate of drug-likeness (QED) is 0.293. The summed E-state index contributed by atoms with van der Waals surface area (Å²) in [5.41, 5.74) is -5.26. The van der Waals surface area contributed by atoms with Gasteiger partial charge in [0.1, 0.15) is 6.54 Å². The highest BCUT2D eigenvalue weighted by molar-refractivity contribution is 14.0. The van der Waals surface area contributed by atoms with Crippen molar-refractivity contribution in [2.75, 3.05) is 45.8 Å². The summed E-state index contributed by atoms with van der Waals surface area (Å²) in [7, 11) is -5.25. The minimum atomic E-state index is -5.26. The Morgan fingerprint density at radius 3 is 2.21 bits per heavy atom. The maximum atomic E-state index is 12.6. The molecule has 2 heterocycles. The van der Waals surface area contributed by atoms with Gasteiger partial charge in [-0.25, -0.2) is 13.4 Å². The fraction of sp³-hybridized carbons (Fsp3) is 0.875. The first kappa shape index (κ1) is 26.2. The molecule has 0 aliphatic carbocycles. The van der Waals surface area contributed by atoms with E-state index >= 15 is 0 Å². The smallest absolute Gasteiger partial charge is 0.357 e. The van der Waals surface area contributed by atoms with Gasteiger partial charge >= 0.3 is 15.5 Å². The molecule has 2 rings (SSSR count). The Kier molecular flexibility index (Phi) is 10.4. The zero-order valence-corrected chi connectivity index (χ0v) is 19.5. The van der Waals surface area contributed by atoms with Crippen LogP contribution in [-0.2, 0) is 14.8 Å². The van der Waals surface area contributed by atoms with Crippen molar-refractivity contribution < 1.29 is 26.4 Å². The summed E-state index contributed by atoms with van der Waals surface area (Å²) in [6, 6.07) is 0. The lowest BCUT2D eigenvalue weighted by Gasteiger charge is -2.31. The van der Waals surface area contributed by atoms with E-state index in [0.29, 0.717) is 36.2 Å². The van der Waals surface area contributed by atoms with Crippen LogP contribution in [0.15, 0.2) is 4.99 Å². The number of piperidine rings is 1. The summed E-state index contributed by atoms with van der Waals surface area (Å²) < 4.78 is 61.2. The van der Waals surface area contributed by atoms with Gasteiger partial charge in [-0.3, -0.25) is 4.79 Å². The predicted molar refractivity (Wildman–Crippen MR) is 114 cm³/mol. The molecule has 0 aromatic carbocycles. The predicted octanol–water partition coefficient (Wildman–Crippen LogP) is 1.34. The second-order valence-electron chi connectivity index (χ2n) is 6.96. The SMILES string of the molecule is CCNC(=NCC(=O)N1CCCC1)NCC1CCN(S(=O)(=O)C(F)(F)F)CC1.I. The third-order valence-corrected chi connectivity index (χ3v) is 6.57. The number of rotatable bonds is 6. The molecule has 0 bridgehead atoms. The van der Waals surface area contributed by atoms with E-state index in [1.54, 1.807) is 4.90 Å². The minimum absolute atomic E-state index is 0. The van der Waals surface area contributed by atoms with Gasteiger partial charge in [0.05, 0.1) is 0 Å². The van der Waals surface area contributed by atoms with Crippen LogP contribution in [0.25, 0.3) is 0 Å². The number of halogens is 4. The minimum Gasteiger partial charge on any atom is -0.357 e. The van der Waals surface area contributed by atoms with Crippen molar-refractivity contribution in [3.8, 4) is 0 Å². The van der Waals surface area contributed by atoms with Gasteiger partial charge in [0.15, 0.2) is 5.96 Å². The number of sulfonamides is 1. The van der Waals surface area contributed by atoms with Gasteiger partial charge in [-0.2, -0.15) is 17.5 Å². The molecule has 2 aliphatic rings. The molecule has 2 aliphatic heterocycles. The summed E-state index contributed by atoms with van der Waals surface area (Å²) in [6.07, 6.45) is 2.68. The Bertz CT molecular complexity index is 661. The zero-order chi connectivity index (χ0) is 20.8. The van der Waals surface area contributed by atoms with Crippen LogP contribution in [0.2, 0.25) is 0 Å². The van der Waals surface area contributed by atoms with Crippen LogP contribution in [0.1, 0.15) is 32.6 Å². The summed E-state index contributed by atoms with van der Waals surface area (Å²) in [5, 5.41) is 6.13. The number of nitrogens with one attached hydrogen (secondary N) is 2. The van der Waals surface area contributed by atoms with Crippen molar-refractivity contribution in [2.24, 2.45) is 10.9 Å². The number of aliphatic imine (C=N–C) groups is 1. The Labute approximate surface area is 186 Å². The van der Waals surface area contributed by atoms with Crippen LogP contribution in [0.4, 0.5) is 13.2 Å². The third-order valence-electron chi connectivity index (χ3n) is 4.94. The van der Waals surface area contributed by atoms with Gasteiger partial charge in [0.2, 0.25) is 5.91 Å². The molecule has 29 heavy (non-hydrogen) atoms.